The lowest BCUT2D eigenvalue weighted by Crippen LogP contribution is -2.47. The topological polar surface area (TPSA) is 65.9 Å². The summed E-state index contributed by atoms with van der Waals surface area (Å²) >= 11 is 0. The average Bonchev–Trinajstić information content (AvgIpc) is 3.21. The molecule has 0 spiro atoms. The average molecular weight is 483 g/mol. The van der Waals surface area contributed by atoms with E-state index in [4.69, 9.17) is 9.84 Å². The number of ether oxygens (including phenoxy) is 1. The lowest BCUT2D eigenvalue weighted by atomic mass is 9.96. The van der Waals surface area contributed by atoms with Crippen LogP contribution in [0.3, 0.4) is 0 Å². The molecule has 2 heterocycles. The van der Waals surface area contributed by atoms with Gasteiger partial charge in [-0.15, -0.1) is 0 Å². The van der Waals surface area contributed by atoms with Gasteiger partial charge in [-0.25, -0.2) is 9.48 Å². The number of anilines is 1. The minimum atomic E-state index is 0.0317. The van der Waals surface area contributed by atoms with E-state index in [0.717, 1.165) is 68.2 Å². The van der Waals surface area contributed by atoms with Crippen LogP contribution in [0.5, 0.6) is 0 Å². The number of amides is 2. The van der Waals surface area contributed by atoms with Crippen LogP contribution in [0.25, 0.3) is 5.69 Å². The number of aryl methyl sites for hydroxylation is 1. The van der Waals surface area contributed by atoms with Crippen molar-refractivity contribution in [2.24, 2.45) is 0 Å². The molecule has 2 amide bonds. The van der Waals surface area contributed by atoms with E-state index in [0.29, 0.717) is 19.7 Å². The molecular formula is C27H42N6O2. The molecule has 1 aromatic carbocycles. The zero-order chi connectivity index (χ0) is 24.6. The molecule has 1 saturated heterocycles. The van der Waals surface area contributed by atoms with Gasteiger partial charge in [0.25, 0.3) is 0 Å². The largest absolute Gasteiger partial charge is 0.385 e. The van der Waals surface area contributed by atoms with Gasteiger partial charge in [-0.1, -0.05) is 37.5 Å². The molecule has 0 bridgehead atoms. The number of para-hydroxylation sites is 1. The molecule has 1 aliphatic heterocycles. The molecule has 2 fully saturated rings. The summed E-state index contributed by atoms with van der Waals surface area (Å²) in [5.41, 5.74) is 3.16. The van der Waals surface area contributed by atoms with E-state index in [1.54, 1.807) is 7.11 Å². The number of nitrogens with one attached hydrogen (secondary N) is 1. The second-order valence-corrected chi connectivity index (χ2v) is 9.98. The van der Waals surface area contributed by atoms with Crippen molar-refractivity contribution in [2.75, 3.05) is 58.4 Å². The predicted molar refractivity (Wildman–Crippen MR) is 140 cm³/mol. The first-order valence-electron chi connectivity index (χ1n) is 13.2. The molecular weight excluding hydrogens is 440 g/mol. The van der Waals surface area contributed by atoms with Crippen LogP contribution in [0.1, 0.15) is 49.8 Å². The van der Waals surface area contributed by atoms with E-state index >= 15 is 0 Å². The first kappa shape index (κ1) is 25.5. The molecule has 35 heavy (non-hydrogen) atoms. The highest BCUT2D eigenvalue weighted by molar-refractivity contribution is 5.75. The van der Waals surface area contributed by atoms with E-state index in [9.17, 15) is 4.79 Å². The molecule has 8 heteroatoms. The Morgan fingerprint density at radius 1 is 1.11 bits per heavy atom. The molecule has 1 aromatic heterocycles. The normalized spacial score (nSPS) is 17.5. The van der Waals surface area contributed by atoms with Crippen LogP contribution in [0.15, 0.2) is 30.3 Å². The fraction of sp³-hybridized carbons (Fsp3) is 0.630. The van der Waals surface area contributed by atoms with E-state index in [-0.39, 0.29) is 12.1 Å². The zero-order valence-electron chi connectivity index (χ0n) is 21.7. The maximum absolute atomic E-state index is 13.5. The molecule has 0 atom stereocenters. The van der Waals surface area contributed by atoms with Gasteiger partial charge >= 0.3 is 6.03 Å². The summed E-state index contributed by atoms with van der Waals surface area (Å²) in [6, 6.07) is 10.6. The molecule has 0 unspecified atom stereocenters. The zero-order valence-corrected chi connectivity index (χ0v) is 21.7. The number of piperazine rings is 1. The minimum absolute atomic E-state index is 0.0317. The monoisotopic (exact) mass is 482 g/mol. The quantitative estimate of drug-likeness (QED) is 0.551. The summed E-state index contributed by atoms with van der Waals surface area (Å²) in [5.74, 6) is 1.11. The fourth-order valence-corrected chi connectivity index (χ4v) is 5.18. The van der Waals surface area contributed by atoms with Crippen molar-refractivity contribution in [1.29, 1.82) is 0 Å². The standard InChI is InChI=1S/C27H42N6O2/c1-22-25(21-32(15-10-20-35-3)27(34)28-23-11-6-4-7-12-23)26(31-18-16-30(2)17-19-31)33(29-22)24-13-8-5-9-14-24/h5,8-9,13-14,23H,4,6-7,10-12,15-21H2,1-3H3,(H,28,34). The van der Waals surface area contributed by atoms with Crippen LogP contribution >= 0.6 is 0 Å². The fourth-order valence-electron chi connectivity index (χ4n) is 5.18. The van der Waals surface area contributed by atoms with Gasteiger partial charge in [0.1, 0.15) is 5.82 Å². The molecule has 1 N–H and O–H groups in total. The van der Waals surface area contributed by atoms with Gasteiger partial charge in [0, 0.05) is 58.0 Å². The summed E-state index contributed by atoms with van der Waals surface area (Å²) in [6.07, 6.45) is 6.64. The molecule has 1 aliphatic carbocycles. The smallest absolute Gasteiger partial charge is 0.317 e. The first-order valence-corrected chi connectivity index (χ1v) is 13.2. The van der Waals surface area contributed by atoms with Crippen LogP contribution in [-0.4, -0.2) is 85.1 Å². The molecule has 0 radical (unpaired) electrons. The lowest BCUT2D eigenvalue weighted by Gasteiger charge is -2.35. The van der Waals surface area contributed by atoms with Crippen molar-refractivity contribution in [2.45, 2.75) is 58.0 Å². The first-order chi connectivity index (χ1) is 17.1. The van der Waals surface area contributed by atoms with E-state index in [1.807, 2.05) is 11.0 Å². The van der Waals surface area contributed by atoms with Crippen LogP contribution in [0.4, 0.5) is 10.6 Å². The number of methoxy groups -OCH3 is 1. The van der Waals surface area contributed by atoms with Crippen LogP contribution in [-0.2, 0) is 11.3 Å². The van der Waals surface area contributed by atoms with Gasteiger partial charge in [-0.2, -0.15) is 5.10 Å². The Bertz CT molecular complexity index is 933. The van der Waals surface area contributed by atoms with Gasteiger partial charge < -0.3 is 24.8 Å². The highest BCUT2D eigenvalue weighted by Gasteiger charge is 2.28. The minimum Gasteiger partial charge on any atom is -0.385 e. The van der Waals surface area contributed by atoms with Crippen LogP contribution in [0.2, 0.25) is 0 Å². The Labute approximate surface area is 210 Å². The van der Waals surface area contributed by atoms with Gasteiger partial charge in [0.15, 0.2) is 0 Å². The number of likely N-dealkylation sites (N-methyl/N-ethyl adjacent to an activating group) is 1. The summed E-state index contributed by atoms with van der Waals surface area (Å²) in [6.45, 7) is 7.82. The number of carbonyl (C=O) groups is 1. The highest BCUT2D eigenvalue weighted by Crippen LogP contribution is 2.30. The van der Waals surface area contributed by atoms with Crippen molar-refractivity contribution in [3.8, 4) is 5.69 Å². The number of aromatic nitrogens is 2. The molecule has 192 valence electrons. The van der Waals surface area contributed by atoms with Crippen molar-refractivity contribution in [1.82, 2.24) is 24.9 Å². The third kappa shape index (κ3) is 6.55. The lowest BCUT2D eigenvalue weighted by molar-refractivity contribution is 0.162. The second kappa shape index (κ2) is 12.4. The van der Waals surface area contributed by atoms with Crippen molar-refractivity contribution < 1.29 is 9.53 Å². The van der Waals surface area contributed by atoms with E-state index < -0.39 is 0 Å². The third-order valence-corrected chi connectivity index (χ3v) is 7.31. The molecule has 4 rings (SSSR count). The number of rotatable bonds is 9. The second-order valence-electron chi connectivity index (χ2n) is 9.98. The molecule has 2 aliphatic rings. The van der Waals surface area contributed by atoms with E-state index in [2.05, 4.69) is 58.0 Å². The van der Waals surface area contributed by atoms with Crippen LogP contribution in [0, 0.1) is 6.92 Å². The summed E-state index contributed by atoms with van der Waals surface area (Å²) in [5, 5.41) is 8.31. The molecule has 2 aromatic rings. The van der Waals surface area contributed by atoms with Gasteiger partial charge in [0.2, 0.25) is 0 Å². The van der Waals surface area contributed by atoms with Crippen molar-refractivity contribution >= 4 is 11.8 Å². The number of urea groups is 1. The number of hydrogen-bond acceptors (Lipinski definition) is 5. The summed E-state index contributed by atoms with van der Waals surface area (Å²) in [7, 11) is 3.89. The van der Waals surface area contributed by atoms with Crippen LogP contribution < -0.4 is 10.2 Å². The Kier molecular flexibility index (Phi) is 9.04. The summed E-state index contributed by atoms with van der Waals surface area (Å²) < 4.78 is 7.37. The van der Waals surface area contributed by atoms with Crippen molar-refractivity contribution in [3.05, 3.63) is 41.6 Å². The number of carbonyl (C=O) groups excluding carboxylic acids is 1. The van der Waals surface area contributed by atoms with Gasteiger partial charge in [-0.05, 0) is 45.4 Å². The maximum atomic E-state index is 13.5. The van der Waals surface area contributed by atoms with Gasteiger partial charge in [-0.3, -0.25) is 0 Å². The number of benzene rings is 1. The Morgan fingerprint density at radius 3 is 2.51 bits per heavy atom. The molecule has 8 nitrogen and oxygen atoms in total. The summed E-state index contributed by atoms with van der Waals surface area (Å²) in [4.78, 5) is 20.2. The SMILES string of the molecule is COCCCN(Cc1c(C)nn(-c2ccccc2)c1N1CCN(C)CC1)C(=O)NC1CCCCC1. The Morgan fingerprint density at radius 2 is 1.83 bits per heavy atom. The van der Waals surface area contributed by atoms with Crippen molar-refractivity contribution in [3.63, 3.8) is 0 Å². The maximum Gasteiger partial charge on any atom is 0.317 e. The highest BCUT2D eigenvalue weighted by atomic mass is 16.5. The Hall–Kier alpha value is -2.58. The predicted octanol–water partition coefficient (Wildman–Crippen LogP) is 3.81. The molecule has 1 saturated carbocycles. The third-order valence-electron chi connectivity index (χ3n) is 7.31. The Balaban J connectivity index is 1.63. The number of hydrogen-bond donors (Lipinski definition) is 1. The van der Waals surface area contributed by atoms with E-state index in [1.165, 1.54) is 19.3 Å². The van der Waals surface area contributed by atoms with Gasteiger partial charge in [0.05, 0.1) is 17.9 Å². The number of nitrogens with zero attached hydrogens (tertiary/aromatic N) is 5.